The second-order valence-corrected chi connectivity index (χ2v) is 3.33. The maximum atomic E-state index is 11.0. The Labute approximate surface area is 89.0 Å². The fourth-order valence-electron chi connectivity index (χ4n) is 1.47. The van der Waals surface area contributed by atoms with E-state index in [1.54, 1.807) is 13.8 Å². The summed E-state index contributed by atoms with van der Waals surface area (Å²) in [4.78, 5) is 21.4. The van der Waals surface area contributed by atoms with Crippen molar-refractivity contribution in [1.29, 1.82) is 0 Å². The SMILES string of the molecule is CCOC(CC)(CCCC(=O)O)C(=O)O. The van der Waals surface area contributed by atoms with E-state index in [2.05, 4.69) is 0 Å². The molecule has 0 amide bonds. The predicted molar refractivity (Wildman–Crippen MR) is 53.8 cm³/mol. The van der Waals surface area contributed by atoms with Gasteiger partial charge in [-0.15, -0.1) is 0 Å². The lowest BCUT2D eigenvalue weighted by atomic mass is 9.93. The van der Waals surface area contributed by atoms with Crippen LogP contribution < -0.4 is 0 Å². The van der Waals surface area contributed by atoms with E-state index in [0.29, 0.717) is 19.4 Å². The second kappa shape index (κ2) is 6.40. The van der Waals surface area contributed by atoms with Gasteiger partial charge in [-0.2, -0.15) is 0 Å². The van der Waals surface area contributed by atoms with E-state index in [4.69, 9.17) is 14.9 Å². The lowest BCUT2D eigenvalue weighted by Crippen LogP contribution is -2.41. The maximum Gasteiger partial charge on any atom is 0.335 e. The predicted octanol–water partition coefficient (Wildman–Crippen LogP) is 1.51. The molecule has 0 aromatic carbocycles. The largest absolute Gasteiger partial charge is 0.481 e. The fraction of sp³-hybridized carbons (Fsp3) is 0.800. The van der Waals surface area contributed by atoms with Crippen LogP contribution in [0.5, 0.6) is 0 Å². The molecule has 0 heterocycles. The van der Waals surface area contributed by atoms with Gasteiger partial charge in [0.15, 0.2) is 5.60 Å². The van der Waals surface area contributed by atoms with E-state index in [9.17, 15) is 9.59 Å². The highest BCUT2D eigenvalue weighted by Crippen LogP contribution is 2.23. The van der Waals surface area contributed by atoms with Gasteiger partial charge in [0, 0.05) is 13.0 Å². The summed E-state index contributed by atoms with van der Waals surface area (Å²) >= 11 is 0. The van der Waals surface area contributed by atoms with Gasteiger partial charge in [-0.05, 0) is 26.2 Å². The Morgan fingerprint density at radius 2 is 1.87 bits per heavy atom. The number of rotatable bonds is 8. The van der Waals surface area contributed by atoms with E-state index in [0.717, 1.165) is 0 Å². The molecule has 88 valence electrons. The lowest BCUT2D eigenvalue weighted by molar-refractivity contribution is -0.167. The van der Waals surface area contributed by atoms with Crippen LogP contribution in [0.15, 0.2) is 0 Å². The van der Waals surface area contributed by atoms with E-state index < -0.39 is 17.5 Å². The average Bonchev–Trinajstić information content (AvgIpc) is 2.15. The van der Waals surface area contributed by atoms with Crippen LogP contribution in [-0.4, -0.2) is 34.4 Å². The number of ether oxygens (including phenoxy) is 1. The molecule has 1 atom stereocenters. The molecule has 2 N–H and O–H groups in total. The molecule has 0 fully saturated rings. The summed E-state index contributed by atoms with van der Waals surface area (Å²) in [5, 5.41) is 17.5. The Morgan fingerprint density at radius 3 is 2.20 bits per heavy atom. The minimum atomic E-state index is -1.22. The van der Waals surface area contributed by atoms with Crippen LogP contribution >= 0.6 is 0 Å². The van der Waals surface area contributed by atoms with Gasteiger partial charge in [0.1, 0.15) is 0 Å². The highest BCUT2D eigenvalue weighted by atomic mass is 16.5. The van der Waals surface area contributed by atoms with Crippen LogP contribution in [-0.2, 0) is 14.3 Å². The van der Waals surface area contributed by atoms with Crippen molar-refractivity contribution in [3.8, 4) is 0 Å². The zero-order chi connectivity index (χ0) is 11.9. The summed E-state index contributed by atoms with van der Waals surface area (Å²) in [6, 6.07) is 0. The molecule has 0 aromatic heterocycles. The van der Waals surface area contributed by atoms with Crippen LogP contribution in [0.2, 0.25) is 0 Å². The third-order valence-electron chi connectivity index (χ3n) is 2.35. The molecule has 0 saturated carbocycles. The van der Waals surface area contributed by atoms with Crippen molar-refractivity contribution in [3.05, 3.63) is 0 Å². The molecule has 0 spiro atoms. The Hall–Kier alpha value is -1.10. The number of carbonyl (C=O) groups is 2. The first-order chi connectivity index (χ1) is 6.98. The molecule has 0 aliphatic heterocycles. The van der Waals surface area contributed by atoms with Crippen molar-refractivity contribution >= 4 is 11.9 Å². The highest BCUT2D eigenvalue weighted by molar-refractivity contribution is 5.77. The average molecular weight is 218 g/mol. The molecule has 1 unspecified atom stereocenters. The molecule has 5 nitrogen and oxygen atoms in total. The van der Waals surface area contributed by atoms with E-state index >= 15 is 0 Å². The third kappa shape index (κ3) is 4.29. The van der Waals surface area contributed by atoms with Crippen LogP contribution in [0.4, 0.5) is 0 Å². The number of carboxylic acid groups (broad SMARTS) is 2. The lowest BCUT2D eigenvalue weighted by Gasteiger charge is -2.27. The van der Waals surface area contributed by atoms with Crippen molar-refractivity contribution in [3.63, 3.8) is 0 Å². The fourth-order valence-corrected chi connectivity index (χ4v) is 1.47. The topological polar surface area (TPSA) is 83.8 Å². The van der Waals surface area contributed by atoms with Crippen molar-refractivity contribution in [1.82, 2.24) is 0 Å². The monoisotopic (exact) mass is 218 g/mol. The molecular weight excluding hydrogens is 200 g/mol. The standard InChI is InChI=1S/C10H18O5/c1-3-10(9(13)14,15-4-2)7-5-6-8(11)12/h3-7H2,1-2H3,(H,11,12)(H,13,14). The zero-order valence-corrected chi connectivity index (χ0v) is 9.15. The smallest absolute Gasteiger partial charge is 0.335 e. The van der Waals surface area contributed by atoms with Gasteiger partial charge >= 0.3 is 11.9 Å². The van der Waals surface area contributed by atoms with Crippen molar-refractivity contribution in [2.75, 3.05) is 6.61 Å². The Balaban J connectivity index is 4.34. The van der Waals surface area contributed by atoms with Crippen LogP contribution in [0.25, 0.3) is 0 Å². The Bertz CT molecular complexity index is 226. The summed E-state index contributed by atoms with van der Waals surface area (Å²) in [5.41, 5.74) is -1.22. The summed E-state index contributed by atoms with van der Waals surface area (Å²) in [5.74, 6) is -1.93. The van der Waals surface area contributed by atoms with Gasteiger partial charge < -0.3 is 14.9 Å². The normalized spacial score (nSPS) is 14.5. The van der Waals surface area contributed by atoms with Gasteiger partial charge in [-0.3, -0.25) is 4.79 Å². The molecular formula is C10H18O5. The molecule has 0 aromatic rings. The number of carboxylic acids is 2. The maximum absolute atomic E-state index is 11.0. The summed E-state index contributed by atoms with van der Waals surface area (Å²) in [6.45, 7) is 3.77. The van der Waals surface area contributed by atoms with Crippen LogP contribution in [0.3, 0.4) is 0 Å². The Kier molecular flexibility index (Phi) is 5.93. The second-order valence-electron chi connectivity index (χ2n) is 3.33. The van der Waals surface area contributed by atoms with Gasteiger partial charge in [0.05, 0.1) is 0 Å². The molecule has 0 rings (SSSR count). The quantitative estimate of drug-likeness (QED) is 0.645. The van der Waals surface area contributed by atoms with Gasteiger partial charge in [0.2, 0.25) is 0 Å². The van der Waals surface area contributed by atoms with Crippen molar-refractivity contribution in [2.45, 2.75) is 45.1 Å². The number of hydrogen-bond acceptors (Lipinski definition) is 3. The first kappa shape index (κ1) is 13.9. The van der Waals surface area contributed by atoms with Crippen molar-refractivity contribution < 1.29 is 24.5 Å². The first-order valence-electron chi connectivity index (χ1n) is 5.07. The molecule has 0 radical (unpaired) electrons. The Morgan fingerprint density at radius 1 is 1.27 bits per heavy atom. The van der Waals surface area contributed by atoms with E-state index in [-0.39, 0.29) is 12.8 Å². The summed E-state index contributed by atoms with van der Waals surface area (Å²) < 4.78 is 5.23. The third-order valence-corrected chi connectivity index (χ3v) is 2.35. The molecule has 15 heavy (non-hydrogen) atoms. The molecule has 0 aliphatic carbocycles. The van der Waals surface area contributed by atoms with Crippen molar-refractivity contribution in [2.24, 2.45) is 0 Å². The summed E-state index contributed by atoms with van der Waals surface area (Å²) in [6.07, 6.45) is 0.867. The van der Waals surface area contributed by atoms with Gasteiger partial charge in [-0.25, -0.2) is 4.79 Å². The summed E-state index contributed by atoms with van der Waals surface area (Å²) in [7, 11) is 0. The minimum Gasteiger partial charge on any atom is -0.481 e. The molecule has 0 saturated heterocycles. The first-order valence-corrected chi connectivity index (χ1v) is 5.07. The van der Waals surface area contributed by atoms with Crippen LogP contribution in [0.1, 0.15) is 39.5 Å². The number of aliphatic carboxylic acids is 2. The zero-order valence-electron chi connectivity index (χ0n) is 9.15. The van der Waals surface area contributed by atoms with Gasteiger partial charge in [-0.1, -0.05) is 6.92 Å². The van der Waals surface area contributed by atoms with E-state index in [1.807, 2.05) is 0 Å². The number of hydrogen-bond donors (Lipinski definition) is 2. The molecule has 0 bridgehead atoms. The molecule has 0 aliphatic rings. The highest BCUT2D eigenvalue weighted by Gasteiger charge is 2.36. The molecule has 5 heteroatoms. The van der Waals surface area contributed by atoms with E-state index in [1.165, 1.54) is 0 Å². The minimum absolute atomic E-state index is 0.0257. The van der Waals surface area contributed by atoms with Crippen LogP contribution in [0, 0.1) is 0 Å². The van der Waals surface area contributed by atoms with Gasteiger partial charge in [0.25, 0.3) is 0 Å².